The van der Waals surface area contributed by atoms with Crippen molar-refractivity contribution in [2.24, 2.45) is 0 Å². The number of rotatable bonds is 7. The van der Waals surface area contributed by atoms with Gasteiger partial charge < -0.3 is 20.5 Å². The number of carbonyl (C=O) groups excluding carboxylic acids is 2. The van der Waals surface area contributed by atoms with Gasteiger partial charge in [0.1, 0.15) is 12.6 Å². The van der Waals surface area contributed by atoms with Gasteiger partial charge in [-0.1, -0.05) is 12.8 Å². The molecule has 0 aromatic heterocycles. The first-order valence-electron chi connectivity index (χ1n) is 8.01. The van der Waals surface area contributed by atoms with E-state index in [1.807, 2.05) is 0 Å². The third kappa shape index (κ3) is 5.34. The monoisotopic (exact) mass is 334 g/mol. The van der Waals surface area contributed by atoms with Crippen LogP contribution in [0.25, 0.3) is 0 Å². The largest absolute Gasteiger partial charge is 0.480 e. The second kappa shape index (κ2) is 8.44. The second-order valence-corrected chi connectivity index (χ2v) is 5.88. The molecule has 3 N–H and O–H groups in total. The fourth-order valence-corrected chi connectivity index (χ4v) is 2.49. The molecule has 0 saturated heterocycles. The number of carbonyl (C=O) groups is 3. The van der Waals surface area contributed by atoms with Gasteiger partial charge in [0.05, 0.1) is 6.10 Å². The highest BCUT2D eigenvalue weighted by molar-refractivity contribution is 5.97. The number of nitrogens with one attached hydrogen (secondary N) is 2. The Morgan fingerprint density at radius 3 is 2.42 bits per heavy atom. The normalized spacial score (nSPS) is 15.7. The predicted molar refractivity (Wildman–Crippen MR) is 87.8 cm³/mol. The van der Waals surface area contributed by atoms with Crippen molar-refractivity contribution < 1.29 is 24.2 Å². The van der Waals surface area contributed by atoms with Crippen LogP contribution in [0.3, 0.4) is 0 Å². The molecule has 0 spiro atoms. The van der Waals surface area contributed by atoms with Gasteiger partial charge in [-0.2, -0.15) is 0 Å². The van der Waals surface area contributed by atoms with Crippen molar-refractivity contribution in [1.82, 2.24) is 5.32 Å². The first kappa shape index (κ1) is 17.9. The minimum Gasteiger partial charge on any atom is -0.480 e. The molecule has 0 bridgehead atoms. The Bertz CT molecular complexity index is 594. The highest BCUT2D eigenvalue weighted by Crippen LogP contribution is 2.20. The molecular formula is C17H22N2O5. The Labute approximate surface area is 140 Å². The van der Waals surface area contributed by atoms with Crippen LogP contribution < -0.4 is 10.6 Å². The number of hydrogen-bond acceptors (Lipinski definition) is 4. The molecule has 1 atom stereocenters. The van der Waals surface area contributed by atoms with E-state index in [9.17, 15) is 14.4 Å². The summed E-state index contributed by atoms with van der Waals surface area (Å²) in [5.41, 5.74) is 0.876. The maximum absolute atomic E-state index is 11.9. The van der Waals surface area contributed by atoms with Gasteiger partial charge in [-0.15, -0.1) is 0 Å². The zero-order chi connectivity index (χ0) is 17.5. The zero-order valence-electron chi connectivity index (χ0n) is 13.6. The average Bonchev–Trinajstić information content (AvgIpc) is 3.07. The molecule has 2 amide bonds. The fourth-order valence-electron chi connectivity index (χ4n) is 2.49. The van der Waals surface area contributed by atoms with Crippen molar-refractivity contribution in [3.05, 3.63) is 29.8 Å². The van der Waals surface area contributed by atoms with Gasteiger partial charge in [0, 0.05) is 11.3 Å². The zero-order valence-corrected chi connectivity index (χ0v) is 13.6. The minimum absolute atomic E-state index is 0.0169. The molecule has 1 saturated carbocycles. The van der Waals surface area contributed by atoms with E-state index < -0.39 is 17.9 Å². The number of amides is 2. The second-order valence-electron chi connectivity index (χ2n) is 5.88. The third-order valence-corrected chi connectivity index (χ3v) is 3.90. The number of anilines is 1. The smallest absolute Gasteiger partial charge is 0.325 e. The molecule has 130 valence electrons. The fraction of sp³-hybridized carbons (Fsp3) is 0.471. The Hall–Kier alpha value is -2.41. The van der Waals surface area contributed by atoms with Crippen molar-refractivity contribution in [2.75, 3.05) is 11.9 Å². The summed E-state index contributed by atoms with van der Waals surface area (Å²) in [6.45, 7) is 1.40. The lowest BCUT2D eigenvalue weighted by Gasteiger charge is -2.12. The van der Waals surface area contributed by atoms with Gasteiger partial charge in [-0.05, 0) is 44.0 Å². The first-order chi connectivity index (χ1) is 11.5. The molecular weight excluding hydrogens is 312 g/mol. The Morgan fingerprint density at radius 1 is 1.21 bits per heavy atom. The lowest BCUT2D eigenvalue weighted by Crippen LogP contribution is -2.38. The van der Waals surface area contributed by atoms with E-state index in [2.05, 4.69) is 10.6 Å². The SMILES string of the molecule is CC(NC(=O)c1ccc(NC(=O)COC2CCCC2)cc1)C(=O)O. The van der Waals surface area contributed by atoms with E-state index in [4.69, 9.17) is 9.84 Å². The minimum atomic E-state index is -1.10. The first-order valence-corrected chi connectivity index (χ1v) is 8.01. The van der Waals surface area contributed by atoms with Crippen molar-refractivity contribution >= 4 is 23.5 Å². The maximum Gasteiger partial charge on any atom is 0.325 e. The predicted octanol–water partition coefficient (Wildman–Crippen LogP) is 1.79. The number of carboxylic acids is 1. The standard InChI is InChI=1S/C17H22N2O5/c1-11(17(22)23)18-16(21)12-6-8-13(9-7-12)19-15(20)10-24-14-4-2-3-5-14/h6-9,11,14H,2-5,10H2,1H3,(H,18,21)(H,19,20)(H,22,23). The van der Waals surface area contributed by atoms with Crippen LogP contribution in [0.4, 0.5) is 5.69 Å². The van der Waals surface area contributed by atoms with Gasteiger partial charge in [0.25, 0.3) is 5.91 Å². The van der Waals surface area contributed by atoms with E-state index in [-0.39, 0.29) is 18.6 Å². The Morgan fingerprint density at radius 2 is 1.83 bits per heavy atom. The van der Waals surface area contributed by atoms with E-state index in [1.165, 1.54) is 19.1 Å². The van der Waals surface area contributed by atoms with Crippen molar-refractivity contribution in [3.63, 3.8) is 0 Å². The van der Waals surface area contributed by atoms with Gasteiger partial charge in [0.2, 0.25) is 5.91 Å². The lowest BCUT2D eigenvalue weighted by molar-refractivity contribution is -0.138. The molecule has 1 aliphatic rings. The molecule has 7 heteroatoms. The van der Waals surface area contributed by atoms with Crippen LogP contribution in [0.1, 0.15) is 43.0 Å². The van der Waals surface area contributed by atoms with Crippen molar-refractivity contribution in [3.8, 4) is 0 Å². The summed E-state index contributed by atoms with van der Waals surface area (Å²) in [6.07, 6.45) is 4.49. The van der Waals surface area contributed by atoms with Crippen molar-refractivity contribution in [2.45, 2.75) is 44.8 Å². The molecule has 1 aromatic rings. The summed E-state index contributed by atoms with van der Waals surface area (Å²) < 4.78 is 5.53. The maximum atomic E-state index is 11.9. The molecule has 2 rings (SSSR count). The third-order valence-electron chi connectivity index (χ3n) is 3.90. The van der Waals surface area contributed by atoms with Crippen molar-refractivity contribution in [1.29, 1.82) is 0 Å². The number of carboxylic acid groups (broad SMARTS) is 1. The molecule has 0 heterocycles. The van der Waals surface area contributed by atoms with Gasteiger partial charge >= 0.3 is 5.97 Å². The Kier molecular flexibility index (Phi) is 6.31. The van der Waals surface area contributed by atoms with Crippen LogP contribution >= 0.6 is 0 Å². The van der Waals surface area contributed by atoms with Crippen LogP contribution in [0.15, 0.2) is 24.3 Å². The highest BCUT2D eigenvalue weighted by atomic mass is 16.5. The van der Waals surface area contributed by atoms with E-state index in [0.29, 0.717) is 11.3 Å². The van der Waals surface area contributed by atoms with E-state index in [0.717, 1.165) is 25.7 Å². The molecule has 1 aliphatic carbocycles. The summed E-state index contributed by atoms with van der Waals surface area (Å²) in [4.78, 5) is 34.4. The average molecular weight is 334 g/mol. The molecule has 1 fully saturated rings. The van der Waals surface area contributed by atoms with Crippen LogP contribution in [-0.2, 0) is 14.3 Å². The van der Waals surface area contributed by atoms with E-state index >= 15 is 0 Å². The van der Waals surface area contributed by atoms with Crippen LogP contribution in [0.2, 0.25) is 0 Å². The molecule has 1 unspecified atom stereocenters. The van der Waals surface area contributed by atoms with E-state index in [1.54, 1.807) is 12.1 Å². The number of aliphatic carboxylic acids is 1. The van der Waals surface area contributed by atoms with Gasteiger partial charge in [-0.3, -0.25) is 14.4 Å². The van der Waals surface area contributed by atoms with Gasteiger partial charge in [0.15, 0.2) is 0 Å². The molecule has 7 nitrogen and oxygen atoms in total. The topological polar surface area (TPSA) is 105 Å². The quantitative estimate of drug-likeness (QED) is 0.705. The molecule has 24 heavy (non-hydrogen) atoms. The molecule has 0 aliphatic heterocycles. The molecule has 1 aromatic carbocycles. The summed E-state index contributed by atoms with van der Waals surface area (Å²) in [7, 11) is 0. The highest BCUT2D eigenvalue weighted by Gasteiger charge is 2.17. The summed E-state index contributed by atoms with van der Waals surface area (Å²) in [6, 6.07) is 5.26. The molecule has 0 radical (unpaired) electrons. The number of benzene rings is 1. The summed E-state index contributed by atoms with van der Waals surface area (Å²) >= 11 is 0. The number of hydrogen-bond donors (Lipinski definition) is 3. The number of ether oxygens (including phenoxy) is 1. The summed E-state index contributed by atoms with van der Waals surface area (Å²) in [5.74, 6) is -1.82. The van der Waals surface area contributed by atoms with Crippen LogP contribution in [0, 0.1) is 0 Å². The van der Waals surface area contributed by atoms with Crippen LogP contribution in [0.5, 0.6) is 0 Å². The van der Waals surface area contributed by atoms with Crippen LogP contribution in [-0.4, -0.2) is 41.6 Å². The summed E-state index contributed by atoms with van der Waals surface area (Å²) in [5, 5.41) is 13.8. The Balaban J connectivity index is 1.81. The van der Waals surface area contributed by atoms with Gasteiger partial charge in [-0.25, -0.2) is 0 Å². The lowest BCUT2D eigenvalue weighted by atomic mass is 10.2.